The molecule has 1 aliphatic rings. The molecule has 4 heteroatoms. The van der Waals surface area contributed by atoms with E-state index in [1.807, 2.05) is 6.07 Å². The molecule has 1 heterocycles. The van der Waals surface area contributed by atoms with Gasteiger partial charge in [-0.3, -0.25) is 0 Å². The minimum Gasteiger partial charge on any atom is -0.304 e. The lowest BCUT2D eigenvalue weighted by Gasteiger charge is -1.90. The van der Waals surface area contributed by atoms with Gasteiger partial charge in [0.05, 0.1) is 11.8 Å². The molecule has 0 aliphatic carbocycles. The Morgan fingerprint density at radius 2 is 2.62 bits per heavy atom. The number of azo groups is 1. The maximum absolute atomic E-state index is 8.22. The summed E-state index contributed by atoms with van der Waals surface area (Å²) in [7, 11) is 0. The van der Waals surface area contributed by atoms with Crippen LogP contribution in [0.5, 0.6) is 0 Å². The number of hydrogen-bond donors (Lipinski definition) is 1. The fourth-order valence-electron chi connectivity index (χ4n) is 0.401. The van der Waals surface area contributed by atoms with Crippen LogP contribution in [0.3, 0.4) is 0 Å². The van der Waals surface area contributed by atoms with Gasteiger partial charge in [0.1, 0.15) is 6.07 Å². The van der Waals surface area contributed by atoms with Crippen molar-refractivity contribution in [1.82, 2.24) is 0 Å². The maximum atomic E-state index is 8.22. The monoisotopic (exact) mass is 108 g/mol. The van der Waals surface area contributed by atoms with Gasteiger partial charge < -0.3 is 5.73 Å². The minimum absolute atomic E-state index is 0.421. The van der Waals surface area contributed by atoms with E-state index in [4.69, 9.17) is 11.0 Å². The van der Waals surface area contributed by atoms with Crippen LogP contribution >= 0.6 is 0 Å². The van der Waals surface area contributed by atoms with E-state index in [1.54, 1.807) is 0 Å². The SMILES string of the molecule is N#CC1=CN=N[C@@H]1N. The van der Waals surface area contributed by atoms with Gasteiger partial charge in [-0.25, -0.2) is 0 Å². The van der Waals surface area contributed by atoms with Gasteiger partial charge in [-0.15, -0.1) is 0 Å². The van der Waals surface area contributed by atoms with Gasteiger partial charge in [0.2, 0.25) is 0 Å². The van der Waals surface area contributed by atoms with Crippen LogP contribution < -0.4 is 5.73 Å². The standard InChI is InChI=1S/C4H4N4/c5-1-3-2-7-8-4(3)6/h2,4H,6H2/t4-/m0/s1. The molecule has 0 aromatic heterocycles. The van der Waals surface area contributed by atoms with Crippen LogP contribution in [0.15, 0.2) is 22.0 Å². The molecule has 0 aromatic carbocycles. The minimum atomic E-state index is -0.514. The zero-order valence-corrected chi connectivity index (χ0v) is 4.07. The molecular formula is C4H4N4. The Balaban J connectivity index is 2.77. The van der Waals surface area contributed by atoms with Crippen LogP contribution in [0, 0.1) is 11.3 Å². The third kappa shape index (κ3) is 0.591. The first-order valence-electron chi connectivity index (χ1n) is 2.10. The number of hydrogen-bond acceptors (Lipinski definition) is 4. The molecule has 0 amide bonds. The predicted octanol–water partition coefficient (Wildman–Crippen LogP) is 0.144. The van der Waals surface area contributed by atoms with E-state index >= 15 is 0 Å². The highest BCUT2D eigenvalue weighted by atomic mass is 15.2. The number of rotatable bonds is 0. The molecule has 0 bridgehead atoms. The Labute approximate surface area is 46.3 Å². The first kappa shape index (κ1) is 4.94. The van der Waals surface area contributed by atoms with Gasteiger partial charge in [-0.05, 0) is 0 Å². The molecule has 0 saturated heterocycles. The van der Waals surface area contributed by atoms with Crippen LogP contribution in [0.1, 0.15) is 0 Å². The smallest absolute Gasteiger partial charge is 0.156 e. The van der Waals surface area contributed by atoms with Crippen LogP contribution in [0.2, 0.25) is 0 Å². The maximum Gasteiger partial charge on any atom is 0.156 e. The summed E-state index contributed by atoms with van der Waals surface area (Å²) in [5.41, 5.74) is 5.66. The third-order valence-electron chi connectivity index (χ3n) is 0.836. The third-order valence-corrected chi connectivity index (χ3v) is 0.836. The van der Waals surface area contributed by atoms with Crippen molar-refractivity contribution in [1.29, 1.82) is 5.26 Å². The molecule has 2 N–H and O–H groups in total. The molecule has 1 aliphatic heterocycles. The zero-order valence-electron chi connectivity index (χ0n) is 4.07. The van der Waals surface area contributed by atoms with Crippen molar-refractivity contribution in [2.45, 2.75) is 6.17 Å². The van der Waals surface area contributed by atoms with E-state index in [1.165, 1.54) is 6.20 Å². The second kappa shape index (κ2) is 1.72. The highest BCUT2D eigenvalue weighted by Gasteiger charge is 2.10. The number of nitriles is 1. The van der Waals surface area contributed by atoms with E-state index in [0.29, 0.717) is 5.57 Å². The zero-order chi connectivity index (χ0) is 5.98. The average molecular weight is 108 g/mol. The van der Waals surface area contributed by atoms with Gasteiger partial charge in [0.25, 0.3) is 0 Å². The lowest BCUT2D eigenvalue weighted by molar-refractivity contribution is 0.827. The van der Waals surface area contributed by atoms with Crippen molar-refractivity contribution in [3.63, 3.8) is 0 Å². The fourth-order valence-corrected chi connectivity index (χ4v) is 0.401. The van der Waals surface area contributed by atoms with E-state index in [-0.39, 0.29) is 0 Å². The first-order valence-corrected chi connectivity index (χ1v) is 2.10. The van der Waals surface area contributed by atoms with Crippen LogP contribution in [0.25, 0.3) is 0 Å². The average Bonchev–Trinajstić information content (AvgIpc) is 2.14. The van der Waals surface area contributed by atoms with Crippen molar-refractivity contribution in [2.75, 3.05) is 0 Å². The van der Waals surface area contributed by atoms with E-state index < -0.39 is 6.17 Å². The second-order valence-corrected chi connectivity index (χ2v) is 1.37. The summed E-state index contributed by atoms with van der Waals surface area (Å²) in [4.78, 5) is 0. The Bertz CT molecular complexity index is 185. The molecule has 0 spiro atoms. The molecule has 40 valence electrons. The van der Waals surface area contributed by atoms with E-state index in [2.05, 4.69) is 10.2 Å². The van der Waals surface area contributed by atoms with Crippen molar-refractivity contribution in [3.05, 3.63) is 11.8 Å². The highest BCUT2D eigenvalue weighted by Crippen LogP contribution is 2.07. The van der Waals surface area contributed by atoms with Crippen LogP contribution in [0.4, 0.5) is 0 Å². The Morgan fingerprint density at radius 1 is 1.88 bits per heavy atom. The largest absolute Gasteiger partial charge is 0.304 e. The van der Waals surface area contributed by atoms with Crippen molar-refractivity contribution in [3.8, 4) is 6.07 Å². The highest BCUT2D eigenvalue weighted by molar-refractivity contribution is 5.27. The normalized spacial score (nSPS) is 25.0. The lowest BCUT2D eigenvalue weighted by atomic mass is 10.3. The number of nitrogens with zero attached hydrogens (tertiary/aromatic N) is 3. The Hall–Kier alpha value is -1.21. The van der Waals surface area contributed by atoms with Crippen LogP contribution in [-0.2, 0) is 0 Å². The van der Waals surface area contributed by atoms with Crippen molar-refractivity contribution >= 4 is 0 Å². The molecule has 0 radical (unpaired) electrons. The second-order valence-electron chi connectivity index (χ2n) is 1.37. The van der Waals surface area contributed by atoms with Gasteiger partial charge in [-0.2, -0.15) is 15.5 Å². The summed E-state index contributed by atoms with van der Waals surface area (Å²) in [5.74, 6) is 0. The van der Waals surface area contributed by atoms with E-state index in [9.17, 15) is 0 Å². The molecule has 8 heavy (non-hydrogen) atoms. The summed E-state index contributed by atoms with van der Waals surface area (Å²) >= 11 is 0. The summed E-state index contributed by atoms with van der Waals surface area (Å²) in [6.07, 6.45) is 0.852. The molecule has 0 aromatic rings. The molecular weight excluding hydrogens is 104 g/mol. The van der Waals surface area contributed by atoms with Crippen molar-refractivity contribution < 1.29 is 0 Å². The van der Waals surface area contributed by atoms with Crippen molar-refractivity contribution in [2.24, 2.45) is 16.0 Å². The van der Waals surface area contributed by atoms with Gasteiger partial charge in [0.15, 0.2) is 6.17 Å². The Kier molecular flexibility index (Phi) is 1.06. The van der Waals surface area contributed by atoms with Gasteiger partial charge in [0, 0.05) is 0 Å². The number of nitrogens with two attached hydrogens (primary N) is 1. The fraction of sp³-hybridized carbons (Fsp3) is 0.250. The molecule has 0 saturated carbocycles. The molecule has 0 unspecified atom stereocenters. The van der Waals surface area contributed by atoms with Gasteiger partial charge in [-0.1, -0.05) is 0 Å². The Morgan fingerprint density at radius 3 is 2.88 bits per heavy atom. The van der Waals surface area contributed by atoms with Crippen LogP contribution in [-0.4, -0.2) is 6.17 Å². The topological polar surface area (TPSA) is 74.5 Å². The molecule has 4 nitrogen and oxygen atoms in total. The predicted molar refractivity (Wildman–Crippen MR) is 26.5 cm³/mol. The summed E-state index contributed by atoms with van der Waals surface area (Å²) in [5, 5.41) is 15.1. The molecule has 1 atom stereocenters. The van der Waals surface area contributed by atoms with Gasteiger partial charge >= 0.3 is 0 Å². The molecule has 0 fully saturated rings. The summed E-state index contributed by atoms with van der Waals surface area (Å²) in [6, 6.07) is 1.86. The molecule has 1 rings (SSSR count). The first-order chi connectivity index (χ1) is 3.84. The van der Waals surface area contributed by atoms with E-state index in [0.717, 1.165) is 0 Å². The summed E-state index contributed by atoms with van der Waals surface area (Å²) < 4.78 is 0. The summed E-state index contributed by atoms with van der Waals surface area (Å²) in [6.45, 7) is 0. The lowest BCUT2D eigenvalue weighted by Crippen LogP contribution is -2.15. The quantitative estimate of drug-likeness (QED) is 0.479.